The molecule has 21 heavy (non-hydrogen) atoms. The molecule has 4 nitrogen and oxygen atoms in total. The zero-order chi connectivity index (χ0) is 16.4. The van der Waals surface area contributed by atoms with Crippen molar-refractivity contribution in [2.45, 2.75) is 59.7 Å². The Morgan fingerprint density at radius 1 is 1.00 bits per heavy atom. The average molecular weight is 294 g/mol. The highest BCUT2D eigenvalue weighted by Crippen LogP contribution is 2.46. The molecular weight excluding hydrogens is 268 g/mol. The zero-order valence-electron chi connectivity index (χ0n) is 13.7. The molecule has 0 aromatic carbocycles. The molecule has 1 atom stereocenters. The third-order valence-corrected chi connectivity index (χ3v) is 3.56. The molecule has 1 aliphatic rings. The minimum Gasteiger partial charge on any atom is -0.419 e. The Bertz CT molecular complexity index is 445. The zero-order valence-corrected chi connectivity index (χ0v) is 13.7. The van der Waals surface area contributed by atoms with Crippen LogP contribution >= 0.6 is 0 Å². The van der Waals surface area contributed by atoms with Crippen LogP contribution in [0.5, 0.6) is 0 Å². The number of rotatable bonds is 4. The minimum atomic E-state index is -1.23. The largest absolute Gasteiger partial charge is 0.419 e. The SMILES string of the molecule is C=C(C)C(=O)OC1(OC(=O)C(=C)C)CC(C)CC(C)(C)C1. The van der Waals surface area contributed by atoms with Crippen molar-refractivity contribution in [1.29, 1.82) is 0 Å². The van der Waals surface area contributed by atoms with Gasteiger partial charge in [-0.2, -0.15) is 0 Å². The van der Waals surface area contributed by atoms with Gasteiger partial charge in [0.2, 0.25) is 0 Å². The molecule has 0 N–H and O–H groups in total. The second-order valence-corrected chi connectivity index (χ2v) is 7.10. The summed E-state index contributed by atoms with van der Waals surface area (Å²) in [5.74, 6) is -2.01. The summed E-state index contributed by atoms with van der Waals surface area (Å²) in [6.45, 7) is 16.6. The van der Waals surface area contributed by atoms with Crippen molar-refractivity contribution < 1.29 is 19.1 Å². The lowest BCUT2D eigenvalue weighted by molar-refractivity contribution is -0.249. The highest BCUT2D eigenvalue weighted by atomic mass is 16.7. The summed E-state index contributed by atoms with van der Waals surface area (Å²) >= 11 is 0. The lowest BCUT2D eigenvalue weighted by Crippen LogP contribution is -2.49. The molecule has 0 heterocycles. The van der Waals surface area contributed by atoms with E-state index in [4.69, 9.17) is 9.47 Å². The van der Waals surface area contributed by atoms with Crippen LogP contribution in [0.3, 0.4) is 0 Å². The first-order valence-electron chi connectivity index (χ1n) is 7.24. The summed E-state index contributed by atoms with van der Waals surface area (Å²) in [5.41, 5.74) is 0.496. The van der Waals surface area contributed by atoms with Crippen molar-refractivity contribution in [3.8, 4) is 0 Å². The molecule has 118 valence electrons. The highest BCUT2D eigenvalue weighted by Gasteiger charge is 2.49. The van der Waals surface area contributed by atoms with E-state index in [0.717, 1.165) is 6.42 Å². The first-order chi connectivity index (χ1) is 9.46. The van der Waals surface area contributed by atoms with E-state index in [2.05, 4.69) is 33.9 Å². The van der Waals surface area contributed by atoms with Gasteiger partial charge in [-0.1, -0.05) is 33.9 Å². The van der Waals surface area contributed by atoms with E-state index in [1.54, 1.807) is 13.8 Å². The van der Waals surface area contributed by atoms with Gasteiger partial charge in [-0.3, -0.25) is 0 Å². The van der Waals surface area contributed by atoms with Crippen LogP contribution in [-0.4, -0.2) is 17.7 Å². The molecule has 1 fully saturated rings. The van der Waals surface area contributed by atoms with E-state index in [0.29, 0.717) is 12.8 Å². The van der Waals surface area contributed by atoms with Crippen molar-refractivity contribution in [1.82, 2.24) is 0 Å². The molecule has 0 aromatic heterocycles. The van der Waals surface area contributed by atoms with Crippen molar-refractivity contribution in [2.75, 3.05) is 0 Å². The molecule has 0 bridgehead atoms. The molecular formula is C17H26O4. The summed E-state index contributed by atoms with van der Waals surface area (Å²) in [6.07, 6.45) is 1.96. The quantitative estimate of drug-likeness (QED) is 0.450. The van der Waals surface area contributed by atoms with Gasteiger partial charge in [-0.25, -0.2) is 9.59 Å². The van der Waals surface area contributed by atoms with Crippen LogP contribution in [0.4, 0.5) is 0 Å². The monoisotopic (exact) mass is 294 g/mol. The van der Waals surface area contributed by atoms with Crippen LogP contribution in [0, 0.1) is 11.3 Å². The molecule has 1 aliphatic carbocycles. The first-order valence-corrected chi connectivity index (χ1v) is 7.24. The highest BCUT2D eigenvalue weighted by molar-refractivity contribution is 5.89. The molecule has 0 amide bonds. The van der Waals surface area contributed by atoms with Crippen LogP contribution in [-0.2, 0) is 19.1 Å². The van der Waals surface area contributed by atoms with Gasteiger partial charge in [-0.15, -0.1) is 0 Å². The number of carbonyl (C=O) groups is 2. The standard InChI is InChI=1S/C17H26O4/c1-11(2)14(18)20-17(21-15(19)12(3)4)9-13(5)8-16(6,7)10-17/h13H,1,3,8-10H2,2,4-7H3. The van der Waals surface area contributed by atoms with Gasteiger partial charge in [0.1, 0.15) is 0 Å². The molecule has 0 radical (unpaired) electrons. The third-order valence-electron chi connectivity index (χ3n) is 3.56. The van der Waals surface area contributed by atoms with Crippen molar-refractivity contribution in [2.24, 2.45) is 11.3 Å². The third kappa shape index (κ3) is 4.73. The predicted octanol–water partition coefficient (Wildman–Crippen LogP) is 3.77. The second-order valence-electron chi connectivity index (χ2n) is 7.10. The number of ether oxygens (including phenoxy) is 2. The first kappa shape index (κ1) is 17.5. The van der Waals surface area contributed by atoms with E-state index in [1.807, 2.05) is 0 Å². The van der Waals surface area contributed by atoms with Gasteiger partial charge in [-0.05, 0) is 31.6 Å². The van der Waals surface area contributed by atoms with Gasteiger partial charge in [0.15, 0.2) is 0 Å². The van der Waals surface area contributed by atoms with Crippen LogP contribution in [0.1, 0.15) is 53.9 Å². The van der Waals surface area contributed by atoms with Gasteiger partial charge >= 0.3 is 11.9 Å². The summed E-state index contributed by atoms with van der Waals surface area (Å²) in [5, 5.41) is 0. The van der Waals surface area contributed by atoms with Gasteiger partial charge in [0, 0.05) is 24.0 Å². The van der Waals surface area contributed by atoms with Crippen LogP contribution in [0.15, 0.2) is 24.3 Å². The van der Waals surface area contributed by atoms with E-state index in [9.17, 15) is 9.59 Å². The Morgan fingerprint density at radius 2 is 1.43 bits per heavy atom. The Kier molecular flexibility index (Phi) is 5.03. The van der Waals surface area contributed by atoms with E-state index >= 15 is 0 Å². The molecule has 0 saturated heterocycles. The second kappa shape index (κ2) is 6.04. The maximum absolute atomic E-state index is 11.9. The van der Waals surface area contributed by atoms with Gasteiger partial charge < -0.3 is 9.47 Å². The molecule has 1 rings (SSSR count). The maximum atomic E-state index is 11.9. The van der Waals surface area contributed by atoms with Gasteiger partial charge in [0.25, 0.3) is 5.79 Å². The van der Waals surface area contributed by atoms with Gasteiger partial charge in [0.05, 0.1) is 0 Å². The molecule has 1 unspecified atom stereocenters. The molecule has 4 heteroatoms. The summed E-state index contributed by atoms with van der Waals surface area (Å²) in [7, 11) is 0. The normalized spacial score (nSPS) is 23.0. The van der Waals surface area contributed by atoms with Crippen molar-refractivity contribution >= 4 is 11.9 Å². The molecule has 0 spiro atoms. The fourth-order valence-corrected chi connectivity index (χ4v) is 3.11. The number of hydrogen-bond acceptors (Lipinski definition) is 4. The molecule has 0 aliphatic heterocycles. The maximum Gasteiger partial charge on any atom is 0.336 e. The van der Waals surface area contributed by atoms with Crippen LogP contribution < -0.4 is 0 Å². The smallest absolute Gasteiger partial charge is 0.336 e. The Balaban J connectivity index is 3.09. The van der Waals surface area contributed by atoms with Crippen molar-refractivity contribution in [3.05, 3.63) is 24.3 Å². The summed E-state index contributed by atoms with van der Waals surface area (Å²) < 4.78 is 11.1. The number of carbonyl (C=O) groups excluding carboxylic acids is 2. The number of esters is 2. The van der Waals surface area contributed by atoms with E-state index < -0.39 is 17.7 Å². The molecule has 1 saturated carbocycles. The van der Waals surface area contributed by atoms with Crippen LogP contribution in [0.25, 0.3) is 0 Å². The fraction of sp³-hybridized carbons (Fsp3) is 0.647. The predicted molar refractivity (Wildman–Crippen MR) is 81.3 cm³/mol. The van der Waals surface area contributed by atoms with Crippen molar-refractivity contribution in [3.63, 3.8) is 0 Å². The Labute approximate surface area is 127 Å². The Hall–Kier alpha value is -1.58. The summed E-state index contributed by atoms with van der Waals surface area (Å²) in [6, 6.07) is 0. The molecule has 0 aromatic rings. The lowest BCUT2D eigenvalue weighted by atomic mass is 9.70. The average Bonchev–Trinajstić information content (AvgIpc) is 2.24. The Morgan fingerprint density at radius 3 is 1.76 bits per heavy atom. The van der Waals surface area contributed by atoms with E-state index in [1.165, 1.54) is 0 Å². The topological polar surface area (TPSA) is 52.6 Å². The lowest BCUT2D eigenvalue weighted by Gasteiger charge is -2.45. The van der Waals surface area contributed by atoms with Crippen LogP contribution in [0.2, 0.25) is 0 Å². The number of hydrogen-bond donors (Lipinski definition) is 0. The summed E-state index contributed by atoms with van der Waals surface area (Å²) in [4.78, 5) is 23.9. The minimum absolute atomic E-state index is 0.0810. The fourth-order valence-electron chi connectivity index (χ4n) is 3.11. The van der Waals surface area contributed by atoms with E-state index in [-0.39, 0.29) is 22.5 Å².